The number of aryl methyl sites for hydroxylation is 2. The van der Waals surface area contributed by atoms with Crippen LogP contribution >= 0.6 is 0 Å². The van der Waals surface area contributed by atoms with Crippen molar-refractivity contribution in [2.24, 2.45) is 0 Å². The molecule has 1 aromatic carbocycles. The van der Waals surface area contributed by atoms with Gasteiger partial charge in [0.25, 0.3) is 0 Å². The maximum absolute atomic E-state index is 9.69. The summed E-state index contributed by atoms with van der Waals surface area (Å²) < 4.78 is 7.79. The van der Waals surface area contributed by atoms with Crippen molar-refractivity contribution in [2.75, 3.05) is 6.61 Å². The van der Waals surface area contributed by atoms with Gasteiger partial charge >= 0.3 is 0 Å². The van der Waals surface area contributed by atoms with E-state index in [2.05, 4.69) is 5.10 Å². The molecule has 1 saturated heterocycles. The molecule has 18 heavy (non-hydrogen) atoms. The highest BCUT2D eigenvalue weighted by atomic mass is 16.5. The van der Waals surface area contributed by atoms with Gasteiger partial charge in [-0.25, -0.2) is 4.68 Å². The average Bonchev–Trinajstić information content (AvgIpc) is 2.68. The molecule has 0 spiro atoms. The van der Waals surface area contributed by atoms with E-state index in [-0.39, 0.29) is 6.23 Å². The van der Waals surface area contributed by atoms with E-state index < -0.39 is 0 Å². The highest BCUT2D eigenvalue weighted by molar-refractivity contribution is 5.86. The second-order valence-corrected chi connectivity index (χ2v) is 5.01. The lowest BCUT2D eigenvalue weighted by molar-refractivity contribution is -0.0368. The minimum Gasteiger partial charge on any atom is -0.508 e. The van der Waals surface area contributed by atoms with Crippen LogP contribution in [0.4, 0.5) is 0 Å². The maximum atomic E-state index is 9.69. The number of ether oxygens (including phenoxy) is 1. The van der Waals surface area contributed by atoms with Crippen molar-refractivity contribution in [1.82, 2.24) is 9.78 Å². The molecule has 96 valence electrons. The van der Waals surface area contributed by atoms with Crippen LogP contribution in [0.5, 0.6) is 5.75 Å². The largest absolute Gasteiger partial charge is 0.508 e. The molecule has 1 atom stereocenters. The first kappa shape index (κ1) is 11.5. The van der Waals surface area contributed by atoms with Gasteiger partial charge in [0.15, 0.2) is 6.23 Å². The predicted molar refractivity (Wildman–Crippen MR) is 69.7 cm³/mol. The Labute approximate surface area is 106 Å². The number of hydrogen-bond donors (Lipinski definition) is 1. The summed E-state index contributed by atoms with van der Waals surface area (Å²) in [6, 6.07) is 3.56. The Morgan fingerprint density at radius 2 is 2.17 bits per heavy atom. The zero-order valence-electron chi connectivity index (χ0n) is 10.8. The van der Waals surface area contributed by atoms with Gasteiger partial charge in [0.1, 0.15) is 5.75 Å². The SMILES string of the molecule is Cc1nn(C2CCCCO2)c2c(C)cc(O)cc12. The number of hydrogen-bond acceptors (Lipinski definition) is 3. The number of aromatic nitrogens is 2. The highest BCUT2D eigenvalue weighted by Gasteiger charge is 2.21. The summed E-state index contributed by atoms with van der Waals surface area (Å²) in [6.45, 7) is 4.78. The van der Waals surface area contributed by atoms with Gasteiger partial charge in [-0.3, -0.25) is 0 Å². The molecular formula is C14H18N2O2. The summed E-state index contributed by atoms with van der Waals surface area (Å²) in [5.74, 6) is 0.298. The topological polar surface area (TPSA) is 47.3 Å². The van der Waals surface area contributed by atoms with Crippen molar-refractivity contribution in [1.29, 1.82) is 0 Å². The first-order chi connectivity index (χ1) is 8.66. The van der Waals surface area contributed by atoms with Gasteiger partial charge in [-0.15, -0.1) is 0 Å². The molecule has 0 amide bonds. The van der Waals surface area contributed by atoms with Crippen LogP contribution in [0.3, 0.4) is 0 Å². The maximum Gasteiger partial charge on any atom is 0.150 e. The third kappa shape index (κ3) is 1.77. The Morgan fingerprint density at radius 1 is 1.33 bits per heavy atom. The molecule has 2 aromatic rings. The molecule has 1 aromatic heterocycles. The Bertz CT molecular complexity index is 583. The molecule has 1 aliphatic heterocycles. The van der Waals surface area contributed by atoms with Crippen LogP contribution in [0.15, 0.2) is 12.1 Å². The van der Waals surface area contributed by atoms with Crippen molar-refractivity contribution in [3.05, 3.63) is 23.4 Å². The van der Waals surface area contributed by atoms with Crippen LogP contribution < -0.4 is 0 Å². The minimum absolute atomic E-state index is 0.0400. The zero-order valence-corrected chi connectivity index (χ0v) is 10.8. The van der Waals surface area contributed by atoms with E-state index in [1.165, 1.54) is 6.42 Å². The lowest BCUT2D eigenvalue weighted by atomic mass is 10.1. The Balaban J connectivity index is 2.17. The van der Waals surface area contributed by atoms with Crippen molar-refractivity contribution in [3.8, 4) is 5.75 Å². The normalized spacial score (nSPS) is 20.4. The fourth-order valence-electron chi connectivity index (χ4n) is 2.73. The van der Waals surface area contributed by atoms with Crippen molar-refractivity contribution >= 4 is 10.9 Å². The molecule has 2 heterocycles. The quantitative estimate of drug-likeness (QED) is 0.841. The predicted octanol–water partition coefficient (Wildman–Crippen LogP) is 3.06. The van der Waals surface area contributed by atoms with Crippen LogP contribution in [-0.4, -0.2) is 21.5 Å². The molecule has 0 aliphatic carbocycles. The number of phenolic OH excluding ortho intramolecular Hbond substituents is 1. The summed E-state index contributed by atoms with van der Waals surface area (Å²) in [5.41, 5.74) is 3.06. The molecule has 3 rings (SSSR count). The molecular weight excluding hydrogens is 228 g/mol. The molecule has 1 N–H and O–H groups in total. The molecule has 0 radical (unpaired) electrons. The lowest BCUT2D eigenvalue weighted by Crippen LogP contribution is -2.19. The van der Waals surface area contributed by atoms with Crippen LogP contribution in [-0.2, 0) is 4.74 Å². The molecule has 4 nitrogen and oxygen atoms in total. The number of aromatic hydroxyl groups is 1. The number of rotatable bonds is 1. The van der Waals surface area contributed by atoms with E-state index in [1.54, 1.807) is 12.1 Å². The van der Waals surface area contributed by atoms with E-state index >= 15 is 0 Å². The summed E-state index contributed by atoms with van der Waals surface area (Å²) >= 11 is 0. The van der Waals surface area contributed by atoms with E-state index in [9.17, 15) is 5.11 Å². The van der Waals surface area contributed by atoms with E-state index in [4.69, 9.17) is 4.74 Å². The number of nitrogens with zero attached hydrogens (tertiary/aromatic N) is 2. The van der Waals surface area contributed by atoms with Gasteiger partial charge in [-0.1, -0.05) is 0 Å². The standard InChI is InChI=1S/C14H18N2O2/c1-9-7-11(17)8-12-10(2)15-16(14(9)12)13-5-3-4-6-18-13/h7-8,13,17H,3-6H2,1-2H3. The highest BCUT2D eigenvalue weighted by Crippen LogP contribution is 2.31. The van der Waals surface area contributed by atoms with Crippen LogP contribution in [0, 0.1) is 13.8 Å². The summed E-state index contributed by atoms with van der Waals surface area (Å²) in [5, 5.41) is 15.3. The Kier molecular flexibility index (Phi) is 2.74. The second-order valence-electron chi connectivity index (χ2n) is 5.01. The molecule has 1 fully saturated rings. The van der Waals surface area contributed by atoms with Crippen molar-refractivity contribution < 1.29 is 9.84 Å². The summed E-state index contributed by atoms with van der Waals surface area (Å²) in [4.78, 5) is 0. The summed E-state index contributed by atoms with van der Waals surface area (Å²) in [6.07, 6.45) is 3.37. The van der Waals surface area contributed by atoms with Gasteiger partial charge in [-0.2, -0.15) is 5.10 Å². The van der Waals surface area contributed by atoms with Crippen molar-refractivity contribution in [2.45, 2.75) is 39.3 Å². The molecule has 0 saturated carbocycles. The molecule has 1 aliphatic rings. The van der Waals surface area contributed by atoms with Gasteiger partial charge < -0.3 is 9.84 Å². The van der Waals surface area contributed by atoms with E-state index in [0.29, 0.717) is 5.75 Å². The number of phenols is 1. The van der Waals surface area contributed by atoms with Gasteiger partial charge in [0.2, 0.25) is 0 Å². The van der Waals surface area contributed by atoms with Crippen LogP contribution in [0.25, 0.3) is 10.9 Å². The third-order valence-electron chi connectivity index (χ3n) is 3.59. The number of fused-ring (bicyclic) bond motifs is 1. The molecule has 4 heteroatoms. The Morgan fingerprint density at radius 3 is 2.89 bits per heavy atom. The van der Waals surface area contributed by atoms with E-state index in [1.807, 2.05) is 18.5 Å². The minimum atomic E-state index is 0.0400. The zero-order chi connectivity index (χ0) is 12.7. The van der Waals surface area contributed by atoms with E-state index in [0.717, 1.165) is 41.6 Å². The van der Waals surface area contributed by atoms with Gasteiger partial charge in [-0.05, 0) is 50.8 Å². The van der Waals surface area contributed by atoms with Gasteiger partial charge in [0.05, 0.1) is 11.2 Å². The van der Waals surface area contributed by atoms with Gasteiger partial charge in [0, 0.05) is 12.0 Å². The number of benzene rings is 1. The molecule has 1 unspecified atom stereocenters. The smallest absolute Gasteiger partial charge is 0.150 e. The first-order valence-electron chi connectivity index (χ1n) is 6.47. The van der Waals surface area contributed by atoms with Crippen LogP contribution in [0.2, 0.25) is 0 Å². The Hall–Kier alpha value is -1.55. The molecule has 0 bridgehead atoms. The fourth-order valence-corrected chi connectivity index (χ4v) is 2.73. The summed E-state index contributed by atoms with van der Waals surface area (Å²) in [7, 11) is 0. The van der Waals surface area contributed by atoms with Crippen molar-refractivity contribution in [3.63, 3.8) is 0 Å². The average molecular weight is 246 g/mol. The van der Waals surface area contributed by atoms with Crippen LogP contribution in [0.1, 0.15) is 36.7 Å². The fraction of sp³-hybridized carbons (Fsp3) is 0.500. The lowest BCUT2D eigenvalue weighted by Gasteiger charge is -2.23. The first-order valence-corrected chi connectivity index (χ1v) is 6.47. The second kappa shape index (κ2) is 4.28. The third-order valence-corrected chi connectivity index (χ3v) is 3.59. The monoisotopic (exact) mass is 246 g/mol.